The van der Waals surface area contributed by atoms with E-state index < -0.39 is 0 Å². The molecule has 0 radical (unpaired) electrons. The number of amides is 1. The van der Waals surface area contributed by atoms with Crippen LogP contribution in [0.2, 0.25) is 0 Å². The van der Waals surface area contributed by atoms with Gasteiger partial charge in [-0.15, -0.1) is 11.3 Å². The minimum Gasteiger partial charge on any atom is -0.347 e. The molecule has 6 nitrogen and oxygen atoms in total. The van der Waals surface area contributed by atoms with Crippen LogP contribution in [0.4, 0.5) is 4.39 Å². The molecule has 3 rings (SSSR count). The molecule has 0 aliphatic heterocycles. The third kappa shape index (κ3) is 4.09. The summed E-state index contributed by atoms with van der Waals surface area (Å²) < 4.78 is 15.0. The van der Waals surface area contributed by atoms with Crippen molar-refractivity contribution >= 4 is 17.2 Å². The fourth-order valence-electron chi connectivity index (χ4n) is 2.48. The molecular weight excluding hydrogens is 341 g/mol. The van der Waals surface area contributed by atoms with Crippen LogP contribution < -0.4 is 11.1 Å². The van der Waals surface area contributed by atoms with E-state index in [2.05, 4.69) is 15.4 Å². The Hall–Kier alpha value is -2.58. The summed E-state index contributed by atoms with van der Waals surface area (Å²) in [6.45, 7) is 0.260. The summed E-state index contributed by atoms with van der Waals surface area (Å²) in [4.78, 5) is 17.2. The summed E-state index contributed by atoms with van der Waals surface area (Å²) >= 11 is 1.29. The Balaban J connectivity index is 1.68. The Morgan fingerprint density at radius 2 is 2.28 bits per heavy atom. The lowest BCUT2D eigenvalue weighted by atomic mass is 10.1. The van der Waals surface area contributed by atoms with E-state index in [0.29, 0.717) is 11.3 Å². The highest BCUT2D eigenvalue weighted by atomic mass is 32.1. The van der Waals surface area contributed by atoms with Crippen LogP contribution in [0.25, 0.3) is 10.7 Å². The van der Waals surface area contributed by atoms with Crippen LogP contribution in [0, 0.1) is 5.82 Å². The summed E-state index contributed by atoms with van der Waals surface area (Å²) in [6, 6.07) is 7.84. The number of hydrogen-bond acceptors (Lipinski definition) is 5. The molecule has 0 saturated carbocycles. The first-order valence-corrected chi connectivity index (χ1v) is 8.58. The van der Waals surface area contributed by atoms with Crippen molar-refractivity contribution in [1.82, 2.24) is 20.1 Å². The summed E-state index contributed by atoms with van der Waals surface area (Å²) in [5.74, 6) is -0.541. The molecule has 0 aliphatic rings. The number of nitrogens with one attached hydrogen (secondary N) is 1. The first-order chi connectivity index (χ1) is 12.1. The number of aromatic nitrogens is 3. The van der Waals surface area contributed by atoms with Crippen LogP contribution in [0.1, 0.15) is 15.2 Å². The third-order valence-electron chi connectivity index (χ3n) is 3.76. The normalized spacial score (nSPS) is 12.1. The van der Waals surface area contributed by atoms with Crippen molar-refractivity contribution in [2.24, 2.45) is 12.8 Å². The first kappa shape index (κ1) is 17.2. The highest BCUT2D eigenvalue weighted by Crippen LogP contribution is 2.24. The van der Waals surface area contributed by atoms with E-state index >= 15 is 0 Å². The van der Waals surface area contributed by atoms with Crippen LogP contribution in [0.15, 0.2) is 42.7 Å². The van der Waals surface area contributed by atoms with Crippen LogP contribution >= 0.6 is 11.3 Å². The molecule has 0 bridgehead atoms. The van der Waals surface area contributed by atoms with Gasteiger partial charge in [-0.1, -0.05) is 12.1 Å². The van der Waals surface area contributed by atoms with Gasteiger partial charge in [-0.05, 0) is 30.2 Å². The van der Waals surface area contributed by atoms with Gasteiger partial charge >= 0.3 is 0 Å². The largest absolute Gasteiger partial charge is 0.347 e. The fourth-order valence-corrected chi connectivity index (χ4v) is 3.35. The molecule has 0 aliphatic carbocycles. The lowest BCUT2D eigenvalue weighted by Gasteiger charge is -2.16. The maximum atomic E-state index is 13.3. The van der Waals surface area contributed by atoms with Crippen molar-refractivity contribution in [2.45, 2.75) is 12.5 Å². The first-order valence-electron chi connectivity index (χ1n) is 7.76. The van der Waals surface area contributed by atoms with Crippen LogP contribution in [-0.2, 0) is 13.5 Å². The predicted molar refractivity (Wildman–Crippen MR) is 94.7 cm³/mol. The maximum Gasteiger partial charge on any atom is 0.263 e. The molecule has 2 aromatic heterocycles. The van der Waals surface area contributed by atoms with Crippen molar-refractivity contribution in [2.75, 3.05) is 6.54 Å². The zero-order valence-corrected chi connectivity index (χ0v) is 14.5. The quantitative estimate of drug-likeness (QED) is 0.705. The molecule has 2 heterocycles. The van der Waals surface area contributed by atoms with E-state index in [1.807, 2.05) is 19.2 Å². The van der Waals surface area contributed by atoms with Gasteiger partial charge in [-0.3, -0.25) is 9.48 Å². The van der Waals surface area contributed by atoms with Crippen molar-refractivity contribution in [3.63, 3.8) is 0 Å². The summed E-state index contributed by atoms with van der Waals surface area (Å²) in [5.41, 5.74) is 7.39. The van der Waals surface area contributed by atoms with Crippen molar-refractivity contribution in [3.05, 3.63) is 59.0 Å². The smallest absolute Gasteiger partial charge is 0.263 e. The molecule has 0 unspecified atom stereocenters. The average Bonchev–Trinajstić information content (AvgIpc) is 3.22. The molecule has 25 heavy (non-hydrogen) atoms. The predicted octanol–water partition coefficient (Wildman–Crippen LogP) is 1.98. The minimum absolute atomic E-state index is 0.238. The number of nitrogens with zero attached hydrogens (tertiary/aromatic N) is 3. The van der Waals surface area contributed by atoms with E-state index in [1.54, 1.807) is 16.9 Å². The van der Waals surface area contributed by atoms with Crippen molar-refractivity contribution < 1.29 is 9.18 Å². The number of hydrogen-bond donors (Lipinski definition) is 2. The standard InChI is InChI=1S/C17H18FN5OS/c1-23-14(5-6-21-23)17-20-10-15(25-17)16(24)22-13(9-19)8-11-3-2-4-12(18)7-11/h2-7,10,13H,8-9,19H2,1H3,(H,22,24)/t13-/m0/s1. The summed E-state index contributed by atoms with van der Waals surface area (Å²) in [7, 11) is 1.82. The molecule has 0 saturated heterocycles. The Morgan fingerprint density at radius 3 is 2.96 bits per heavy atom. The SMILES string of the molecule is Cn1nccc1-c1ncc(C(=O)N[C@H](CN)Cc2cccc(F)c2)s1. The van der Waals surface area contributed by atoms with Gasteiger partial charge in [0.2, 0.25) is 0 Å². The summed E-state index contributed by atoms with van der Waals surface area (Å²) in [6.07, 6.45) is 3.69. The van der Waals surface area contributed by atoms with Crippen LogP contribution in [0.3, 0.4) is 0 Å². The van der Waals surface area contributed by atoms with Crippen LogP contribution in [-0.4, -0.2) is 33.3 Å². The molecule has 1 amide bonds. The highest BCUT2D eigenvalue weighted by molar-refractivity contribution is 7.16. The van der Waals surface area contributed by atoms with E-state index in [0.717, 1.165) is 16.3 Å². The van der Waals surface area contributed by atoms with Crippen LogP contribution in [0.5, 0.6) is 0 Å². The Morgan fingerprint density at radius 1 is 1.44 bits per heavy atom. The number of carbonyl (C=O) groups excluding carboxylic acids is 1. The van der Waals surface area contributed by atoms with E-state index in [1.165, 1.54) is 29.7 Å². The van der Waals surface area contributed by atoms with E-state index in [-0.39, 0.29) is 24.3 Å². The van der Waals surface area contributed by atoms with Gasteiger partial charge < -0.3 is 11.1 Å². The van der Waals surface area contributed by atoms with Crippen molar-refractivity contribution in [3.8, 4) is 10.7 Å². The second-order valence-electron chi connectivity index (χ2n) is 5.61. The molecule has 3 N–H and O–H groups in total. The number of rotatable bonds is 6. The zero-order valence-electron chi connectivity index (χ0n) is 13.6. The van der Waals surface area contributed by atoms with E-state index in [4.69, 9.17) is 5.73 Å². The number of carbonyl (C=O) groups is 1. The number of thiazole rings is 1. The highest BCUT2D eigenvalue weighted by Gasteiger charge is 2.17. The molecule has 1 atom stereocenters. The minimum atomic E-state index is -0.303. The van der Waals surface area contributed by atoms with Crippen molar-refractivity contribution in [1.29, 1.82) is 0 Å². The third-order valence-corrected chi connectivity index (χ3v) is 4.78. The molecule has 3 aromatic rings. The molecular formula is C17H18FN5OS. The number of aryl methyl sites for hydroxylation is 1. The van der Waals surface area contributed by atoms with E-state index in [9.17, 15) is 9.18 Å². The Bertz CT molecular complexity index is 875. The number of benzene rings is 1. The average molecular weight is 359 g/mol. The lowest BCUT2D eigenvalue weighted by Crippen LogP contribution is -2.41. The Kier molecular flexibility index (Phi) is 5.20. The van der Waals surface area contributed by atoms with Gasteiger partial charge in [0.05, 0.1) is 11.9 Å². The number of nitrogens with two attached hydrogens (primary N) is 1. The Labute approximate surface area is 148 Å². The topological polar surface area (TPSA) is 85.8 Å². The number of halogens is 1. The zero-order chi connectivity index (χ0) is 17.8. The lowest BCUT2D eigenvalue weighted by molar-refractivity contribution is 0.0942. The van der Waals surface area contributed by atoms with Gasteiger partial charge in [0.25, 0.3) is 5.91 Å². The van der Waals surface area contributed by atoms with Gasteiger partial charge in [-0.2, -0.15) is 5.10 Å². The van der Waals surface area contributed by atoms with Gasteiger partial charge in [0.1, 0.15) is 15.7 Å². The monoisotopic (exact) mass is 359 g/mol. The molecule has 1 aromatic carbocycles. The van der Waals surface area contributed by atoms with Gasteiger partial charge in [0.15, 0.2) is 0 Å². The summed E-state index contributed by atoms with van der Waals surface area (Å²) in [5, 5.41) is 7.71. The second kappa shape index (κ2) is 7.54. The second-order valence-corrected chi connectivity index (χ2v) is 6.64. The van der Waals surface area contributed by atoms with Gasteiger partial charge in [-0.25, -0.2) is 9.37 Å². The fraction of sp³-hybridized carbons (Fsp3) is 0.235. The molecule has 130 valence electrons. The molecule has 8 heteroatoms. The molecule has 0 fully saturated rings. The molecule has 0 spiro atoms. The van der Waals surface area contributed by atoms with Gasteiger partial charge in [0, 0.05) is 25.8 Å². The maximum absolute atomic E-state index is 13.3.